The van der Waals surface area contributed by atoms with Gasteiger partial charge in [0.05, 0.1) is 0 Å². The molecule has 150 valence electrons. The molecule has 1 aromatic carbocycles. The van der Waals surface area contributed by atoms with Crippen LogP contribution < -0.4 is 4.52 Å². The third-order valence-corrected chi connectivity index (χ3v) is 5.10. The summed E-state index contributed by atoms with van der Waals surface area (Å²) in [4.78, 5) is 19.1. The summed E-state index contributed by atoms with van der Waals surface area (Å²) in [5, 5.41) is 0. The van der Waals surface area contributed by atoms with Gasteiger partial charge in [0.1, 0.15) is 5.75 Å². The van der Waals surface area contributed by atoms with Crippen molar-refractivity contribution in [2.75, 3.05) is 0 Å². The quantitative estimate of drug-likeness (QED) is 0.501. The lowest BCUT2D eigenvalue weighted by Crippen LogP contribution is -2.24. The Morgan fingerprint density at radius 3 is 1.77 bits per heavy atom. The van der Waals surface area contributed by atoms with Crippen molar-refractivity contribution >= 4 is 8.60 Å². The van der Waals surface area contributed by atoms with Gasteiger partial charge in [0.25, 0.3) is 0 Å². The van der Waals surface area contributed by atoms with Gasteiger partial charge >= 0.3 is 8.60 Å². The molecule has 0 aliphatic heterocycles. The van der Waals surface area contributed by atoms with E-state index >= 15 is 0 Å². The molecule has 0 atom stereocenters. The average Bonchev–Trinajstić information content (AvgIpc) is 2.47. The van der Waals surface area contributed by atoms with Crippen LogP contribution in [0.25, 0.3) is 0 Å². The summed E-state index contributed by atoms with van der Waals surface area (Å²) in [5.74, 6) is 0.652. The van der Waals surface area contributed by atoms with Gasteiger partial charge in [0.2, 0.25) is 0 Å². The van der Waals surface area contributed by atoms with E-state index in [0.717, 1.165) is 44.1 Å². The van der Waals surface area contributed by atoms with Gasteiger partial charge in [-0.25, -0.2) is 0 Å². The van der Waals surface area contributed by atoms with Gasteiger partial charge in [-0.05, 0) is 59.3 Å². The Bertz CT molecular complexity index is 581. The van der Waals surface area contributed by atoms with Crippen LogP contribution >= 0.6 is 8.60 Å². The Kier molecular flexibility index (Phi) is 8.58. The highest BCUT2D eigenvalue weighted by molar-refractivity contribution is 7.39. The van der Waals surface area contributed by atoms with Gasteiger partial charge in [0, 0.05) is 5.56 Å². The van der Waals surface area contributed by atoms with Gasteiger partial charge in [-0.1, -0.05) is 68.2 Å². The monoisotopic (exact) mass is 382 g/mol. The van der Waals surface area contributed by atoms with Crippen LogP contribution in [0, 0.1) is 0 Å². The highest BCUT2D eigenvalue weighted by atomic mass is 31.2. The summed E-state index contributed by atoms with van der Waals surface area (Å²) in [6.07, 6.45) is 6.51. The molecular weight excluding hydrogens is 343 g/mol. The molecule has 0 aliphatic carbocycles. The maximum absolute atomic E-state index is 9.56. The third-order valence-electron chi connectivity index (χ3n) is 4.74. The fourth-order valence-electron chi connectivity index (χ4n) is 3.85. The standard InChI is InChI=1S/C22H39O3P/c1-9-11-13-16-15-18(25-26(23)24)20(22(6,7)8)17(14-12-10-2)19(16)21(3,4)5/h15,23-24H,9-14H2,1-8H3. The predicted molar refractivity (Wildman–Crippen MR) is 113 cm³/mol. The minimum absolute atomic E-state index is 0.0356. The second kappa shape index (κ2) is 9.53. The zero-order valence-corrected chi connectivity index (χ0v) is 19.0. The van der Waals surface area contributed by atoms with Crippen molar-refractivity contribution in [3.63, 3.8) is 0 Å². The Labute approximate surface area is 162 Å². The summed E-state index contributed by atoms with van der Waals surface area (Å²) >= 11 is 0. The molecular formula is C22H39O3P. The molecule has 0 amide bonds. The number of benzene rings is 1. The van der Waals surface area contributed by atoms with E-state index in [0.29, 0.717) is 5.75 Å². The second-order valence-corrected chi connectivity index (χ2v) is 10.0. The van der Waals surface area contributed by atoms with Crippen molar-refractivity contribution in [3.05, 3.63) is 28.3 Å². The predicted octanol–water partition coefficient (Wildman–Crippen LogP) is 6.56. The van der Waals surface area contributed by atoms with E-state index in [1.165, 1.54) is 16.7 Å². The largest absolute Gasteiger partial charge is 0.427 e. The number of hydrogen-bond acceptors (Lipinski definition) is 3. The molecule has 0 bridgehead atoms. The summed E-state index contributed by atoms with van der Waals surface area (Å²) in [6.45, 7) is 17.8. The molecule has 4 heteroatoms. The fraction of sp³-hybridized carbons (Fsp3) is 0.727. The van der Waals surface area contributed by atoms with Gasteiger partial charge in [-0.2, -0.15) is 0 Å². The molecule has 0 unspecified atom stereocenters. The first kappa shape index (κ1) is 23.4. The van der Waals surface area contributed by atoms with Crippen molar-refractivity contribution in [1.82, 2.24) is 0 Å². The number of aryl methyl sites for hydroxylation is 1. The summed E-state index contributed by atoms with van der Waals surface area (Å²) in [7, 11) is -2.43. The first-order valence-electron chi connectivity index (χ1n) is 9.99. The van der Waals surface area contributed by atoms with Crippen molar-refractivity contribution in [1.29, 1.82) is 0 Å². The van der Waals surface area contributed by atoms with E-state index in [1.54, 1.807) is 0 Å². The van der Waals surface area contributed by atoms with E-state index in [-0.39, 0.29) is 10.8 Å². The normalized spacial score (nSPS) is 12.7. The molecule has 0 aromatic heterocycles. The van der Waals surface area contributed by atoms with Crippen LogP contribution in [0.1, 0.15) is 103 Å². The van der Waals surface area contributed by atoms with Crippen LogP contribution in [0.4, 0.5) is 0 Å². The molecule has 0 saturated carbocycles. The van der Waals surface area contributed by atoms with Crippen LogP contribution in [0.5, 0.6) is 5.75 Å². The highest BCUT2D eigenvalue weighted by Gasteiger charge is 2.31. The Hall–Kier alpha value is -0.630. The van der Waals surface area contributed by atoms with E-state index in [2.05, 4.69) is 61.5 Å². The van der Waals surface area contributed by atoms with Crippen molar-refractivity contribution in [2.45, 2.75) is 105 Å². The van der Waals surface area contributed by atoms with E-state index in [4.69, 9.17) is 4.52 Å². The van der Waals surface area contributed by atoms with Crippen molar-refractivity contribution in [2.24, 2.45) is 0 Å². The van der Waals surface area contributed by atoms with Crippen LogP contribution in [-0.4, -0.2) is 9.79 Å². The lowest BCUT2D eigenvalue weighted by atomic mass is 9.72. The second-order valence-electron chi connectivity index (χ2n) is 9.31. The fourth-order valence-corrected chi connectivity index (χ4v) is 4.17. The van der Waals surface area contributed by atoms with Crippen LogP contribution in [0.3, 0.4) is 0 Å². The number of hydrogen-bond donors (Lipinski definition) is 2. The SMILES string of the molecule is CCCCc1cc(OP(O)O)c(C(C)(C)C)c(CCCC)c1C(C)(C)C. The lowest BCUT2D eigenvalue weighted by Gasteiger charge is -2.34. The zero-order valence-electron chi connectivity index (χ0n) is 18.1. The van der Waals surface area contributed by atoms with Gasteiger partial charge in [0.15, 0.2) is 0 Å². The summed E-state index contributed by atoms with van der Waals surface area (Å²) < 4.78 is 5.56. The maximum atomic E-state index is 9.56. The van der Waals surface area contributed by atoms with Gasteiger partial charge in [-0.3, -0.25) is 0 Å². The topological polar surface area (TPSA) is 49.7 Å². The highest BCUT2D eigenvalue weighted by Crippen LogP contribution is 2.45. The van der Waals surface area contributed by atoms with Gasteiger partial charge in [-0.15, -0.1) is 0 Å². The van der Waals surface area contributed by atoms with E-state index < -0.39 is 8.60 Å². The molecule has 2 N–H and O–H groups in total. The first-order valence-corrected chi connectivity index (χ1v) is 11.2. The molecule has 0 saturated heterocycles. The molecule has 0 radical (unpaired) electrons. The minimum Gasteiger partial charge on any atom is -0.427 e. The Morgan fingerprint density at radius 1 is 0.846 bits per heavy atom. The molecule has 0 fully saturated rings. The van der Waals surface area contributed by atoms with Gasteiger partial charge < -0.3 is 14.3 Å². The number of rotatable bonds is 8. The molecule has 0 aliphatic rings. The van der Waals surface area contributed by atoms with Crippen molar-refractivity contribution < 1.29 is 14.3 Å². The van der Waals surface area contributed by atoms with Crippen molar-refractivity contribution in [3.8, 4) is 5.75 Å². The molecule has 1 rings (SSSR count). The molecule has 0 spiro atoms. The Balaban J connectivity index is 3.82. The molecule has 1 aromatic rings. The Morgan fingerprint density at radius 2 is 1.35 bits per heavy atom. The lowest BCUT2D eigenvalue weighted by molar-refractivity contribution is 0.368. The number of unbranched alkanes of at least 4 members (excludes halogenated alkanes) is 2. The summed E-state index contributed by atoms with van der Waals surface area (Å²) in [5.41, 5.74) is 5.11. The maximum Gasteiger partial charge on any atom is 0.391 e. The first-order chi connectivity index (χ1) is 11.9. The van der Waals surface area contributed by atoms with Crippen LogP contribution in [-0.2, 0) is 23.7 Å². The molecule has 3 nitrogen and oxygen atoms in total. The van der Waals surface area contributed by atoms with Crippen LogP contribution in [0.2, 0.25) is 0 Å². The summed E-state index contributed by atoms with van der Waals surface area (Å²) in [6, 6.07) is 2.08. The van der Waals surface area contributed by atoms with Crippen LogP contribution in [0.15, 0.2) is 6.07 Å². The molecule has 0 heterocycles. The molecule has 26 heavy (non-hydrogen) atoms. The van der Waals surface area contributed by atoms with E-state index in [1.807, 2.05) is 0 Å². The zero-order chi connectivity index (χ0) is 20.1. The smallest absolute Gasteiger partial charge is 0.391 e. The third kappa shape index (κ3) is 6.22. The minimum atomic E-state index is -2.43. The average molecular weight is 383 g/mol. The van der Waals surface area contributed by atoms with E-state index in [9.17, 15) is 9.79 Å².